The van der Waals surface area contributed by atoms with Crippen LogP contribution in [0, 0.1) is 0 Å². The van der Waals surface area contributed by atoms with Crippen molar-refractivity contribution < 1.29 is 0 Å². The van der Waals surface area contributed by atoms with Crippen LogP contribution in [0.15, 0.2) is 35.1 Å². The molecule has 1 aliphatic heterocycles. The molecule has 2 aliphatic rings. The molecule has 0 spiro atoms. The number of H-pyrrole nitrogens is 1. The number of fused-ring (bicyclic) bond motifs is 1. The third-order valence-electron chi connectivity index (χ3n) is 5.37. The van der Waals surface area contributed by atoms with Gasteiger partial charge in [-0.3, -0.25) is 14.7 Å². The van der Waals surface area contributed by atoms with E-state index in [2.05, 4.69) is 50.5 Å². The largest absolute Gasteiger partial charge is 0.353 e. The van der Waals surface area contributed by atoms with Crippen molar-refractivity contribution in [1.82, 2.24) is 14.9 Å². The molecule has 5 heteroatoms. The number of benzene rings is 1. The summed E-state index contributed by atoms with van der Waals surface area (Å²) < 4.78 is 0. The summed E-state index contributed by atoms with van der Waals surface area (Å²) in [5.41, 5.74) is 3.32. The van der Waals surface area contributed by atoms with E-state index in [-0.39, 0.29) is 5.56 Å². The molecule has 0 unspecified atom stereocenters. The summed E-state index contributed by atoms with van der Waals surface area (Å²) in [4.78, 5) is 22.4. The van der Waals surface area contributed by atoms with Gasteiger partial charge in [0.15, 0.2) is 0 Å². The van der Waals surface area contributed by atoms with Crippen LogP contribution in [0.1, 0.15) is 42.5 Å². The summed E-state index contributed by atoms with van der Waals surface area (Å²) in [6.07, 6.45) is 6.20. The molecule has 0 bridgehead atoms. The van der Waals surface area contributed by atoms with Crippen LogP contribution in [0.5, 0.6) is 0 Å². The first-order valence-electron chi connectivity index (χ1n) is 9.43. The quantitative estimate of drug-likeness (QED) is 0.900. The summed E-state index contributed by atoms with van der Waals surface area (Å²) in [6, 6.07) is 11.0. The van der Waals surface area contributed by atoms with E-state index < -0.39 is 0 Å². The second kappa shape index (κ2) is 7.40. The lowest BCUT2D eigenvalue weighted by Crippen LogP contribution is -2.39. The number of aromatic amines is 1. The van der Waals surface area contributed by atoms with E-state index in [1.165, 1.54) is 5.56 Å². The molecule has 1 aromatic carbocycles. The van der Waals surface area contributed by atoms with Crippen LogP contribution in [0.2, 0.25) is 0 Å². The number of piperidine rings is 1. The zero-order valence-corrected chi connectivity index (χ0v) is 14.6. The standard InChI is InChI=1S/C20H26N4O/c25-19-17-8-4-5-9-18(17)22-20(23-19)21-16-10-12-24(13-11-16)14-15-6-2-1-3-7-15/h1-3,6-7,16H,4-5,8-14H2,(H2,21,22,23,25). The second-order valence-corrected chi connectivity index (χ2v) is 7.23. The molecule has 1 aliphatic carbocycles. The number of aromatic nitrogens is 2. The maximum Gasteiger partial charge on any atom is 0.255 e. The SMILES string of the molecule is O=c1[nH]c(NC2CCN(Cc3ccccc3)CC2)nc2c1CCCC2. The average molecular weight is 338 g/mol. The molecule has 0 amide bonds. The van der Waals surface area contributed by atoms with Gasteiger partial charge in [-0.15, -0.1) is 0 Å². The van der Waals surface area contributed by atoms with Crippen molar-refractivity contribution in [2.24, 2.45) is 0 Å². The van der Waals surface area contributed by atoms with Gasteiger partial charge in [-0.25, -0.2) is 4.98 Å². The average Bonchev–Trinajstić information content (AvgIpc) is 2.64. The zero-order valence-electron chi connectivity index (χ0n) is 14.6. The Balaban J connectivity index is 1.34. The smallest absolute Gasteiger partial charge is 0.255 e. The highest BCUT2D eigenvalue weighted by Crippen LogP contribution is 2.19. The van der Waals surface area contributed by atoms with Gasteiger partial charge in [-0.1, -0.05) is 30.3 Å². The van der Waals surface area contributed by atoms with Crippen molar-refractivity contribution in [2.75, 3.05) is 18.4 Å². The van der Waals surface area contributed by atoms with Crippen molar-refractivity contribution >= 4 is 5.95 Å². The predicted molar refractivity (Wildman–Crippen MR) is 99.9 cm³/mol. The molecule has 2 aromatic rings. The zero-order chi connectivity index (χ0) is 17.1. The van der Waals surface area contributed by atoms with Crippen LogP contribution in [0.3, 0.4) is 0 Å². The Morgan fingerprint density at radius 3 is 2.68 bits per heavy atom. The van der Waals surface area contributed by atoms with Gasteiger partial charge >= 0.3 is 0 Å². The predicted octanol–water partition coefficient (Wildman–Crippen LogP) is 2.73. The summed E-state index contributed by atoms with van der Waals surface area (Å²) in [7, 11) is 0. The highest BCUT2D eigenvalue weighted by atomic mass is 16.1. The van der Waals surface area contributed by atoms with E-state index in [9.17, 15) is 4.79 Å². The number of anilines is 1. The fourth-order valence-corrected chi connectivity index (χ4v) is 3.94. The van der Waals surface area contributed by atoms with Crippen LogP contribution in [-0.4, -0.2) is 34.0 Å². The van der Waals surface area contributed by atoms with Crippen molar-refractivity contribution in [3.8, 4) is 0 Å². The molecular formula is C20H26N4O. The Kier molecular flexibility index (Phi) is 4.83. The molecule has 132 valence electrons. The van der Waals surface area contributed by atoms with Gasteiger partial charge in [0.05, 0.1) is 5.69 Å². The number of hydrogen-bond acceptors (Lipinski definition) is 4. The Morgan fingerprint density at radius 2 is 1.88 bits per heavy atom. The summed E-state index contributed by atoms with van der Waals surface area (Å²) in [6.45, 7) is 3.16. The van der Waals surface area contributed by atoms with Crippen LogP contribution in [0.4, 0.5) is 5.95 Å². The minimum atomic E-state index is 0.0497. The highest BCUT2D eigenvalue weighted by molar-refractivity contribution is 5.32. The first-order chi connectivity index (χ1) is 12.3. The van der Waals surface area contributed by atoms with Crippen LogP contribution >= 0.6 is 0 Å². The third-order valence-corrected chi connectivity index (χ3v) is 5.37. The molecule has 1 saturated heterocycles. The van der Waals surface area contributed by atoms with Gasteiger partial charge in [0.1, 0.15) is 0 Å². The fraction of sp³-hybridized carbons (Fsp3) is 0.500. The Morgan fingerprint density at radius 1 is 1.12 bits per heavy atom. The molecule has 5 nitrogen and oxygen atoms in total. The van der Waals surface area contributed by atoms with E-state index in [4.69, 9.17) is 0 Å². The number of hydrogen-bond donors (Lipinski definition) is 2. The molecule has 25 heavy (non-hydrogen) atoms. The van der Waals surface area contributed by atoms with Crippen molar-refractivity contribution in [3.63, 3.8) is 0 Å². The van der Waals surface area contributed by atoms with Gasteiger partial charge < -0.3 is 5.32 Å². The van der Waals surface area contributed by atoms with Crippen molar-refractivity contribution in [3.05, 3.63) is 57.5 Å². The van der Waals surface area contributed by atoms with E-state index in [1.54, 1.807) is 0 Å². The lowest BCUT2D eigenvalue weighted by Gasteiger charge is -2.32. The maximum atomic E-state index is 12.2. The first kappa shape index (κ1) is 16.3. The molecule has 0 atom stereocenters. The number of likely N-dealkylation sites (tertiary alicyclic amines) is 1. The molecule has 4 rings (SSSR count). The summed E-state index contributed by atoms with van der Waals surface area (Å²) >= 11 is 0. The van der Waals surface area contributed by atoms with E-state index in [0.29, 0.717) is 12.0 Å². The third kappa shape index (κ3) is 3.93. The van der Waals surface area contributed by atoms with Crippen LogP contribution in [0.25, 0.3) is 0 Å². The molecule has 2 heterocycles. The fourth-order valence-electron chi connectivity index (χ4n) is 3.94. The van der Waals surface area contributed by atoms with Crippen LogP contribution < -0.4 is 10.9 Å². The number of nitrogens with zero attached hydrogens (tertiary/aromatic N) is 2. The number of rotatable bonds is 4. The highest BCUT2D eigenvalue weighted by Gasteiger charge is 2.21. The molecule has 2 N–H and O–H groups in total. The van der Waals surface area contributed by atoms with E-state index in [1.807, 2.05) is 0 Å². The van der Waals surface area contributed by atoms with Crippen LogP contribution in [-0.2, 0) is 19.4 Å². The Hall–Kier alpha value is -2.14. The molecule has 1 aromatic heterocycles. The number of aryl methyl sites for hydroxylation is 1. The van der Waals surface area contributed by atoms with Crippen molar-refractivity contribution in [2.45, 2.75) is 51.1 Å². The van der Waals surface area contributed by atoms with Gasteiger partial charge in [0, 0.05) is 31.2 Å². The Bertz CT molecular complexity index is 763. The van der Waals surface area contributed by atoms with E-state index in [0.717, 1.165) is 69.4 Å². The van der Waals surface area contributed by atoms with Gasteiger partial charge in [0.25, 0.3) is 5.56 Å². The van der Waals surface area contributed by atoms with Gasteiger partial charge in [0.2, 0.25) is 5.95 Å². The maximum absolute atomic E-state index is 12.2. The summed E-state index contributed by atoms with van der Waals surface area (Å²) in [5, 5.41) is 3.46. The molecular weight excluding hydrogens is 312 g/mol. The Labute approximate surface area is 148 Å². The lowest BCUT2D eigenvalue weighted by atomic mass is 9.97. The molecule has 0 radical (unpaired) electrons. The molecule has 0 saturated carbocycles. The minimum Gasteiger partial charge on any atom is -0.353 e. The van der Waals surface area contributed by atoms with Gasteiger partial charge in [-0.2, -0.15) is 0 Å². The van der Waals surface area contributed by atoms with Crippen molar-refractivity contribution in [1.29, 1.82) is 0 Å². The first-order valence-corrected chi connectivity index (χ1v) is 9.43. The topological polar surface area (TPSA) is 61.0 Å². The number of nitrogens with one attached hydrogen (secondary N) is 2. The normalized spacial score (nSPS) is 18.7. The van der Waals surface area contributed by atoms with E-state index >= 15 is 0 Å². The second-order valence-electron chi connectivity index (χ2n) is 7.23. The minimum absolute atomic E-state index is 0.0497. The monoisotopic (exact) mass is 338 g/mol. The van der Waals surface area contributed by atoms with Gasteiger partial charge in [-0.05, 0) is 44.1 Å². The molecule has 1 fully saturated rings. The summed E-state index contributed by atoms with van der Waals surface area (Å²) in [5.74, 6) is 0.659. The lowest BCUT2D eigenvalue weighted by molar-refractivity contribution is 0.211.